The van der Waals surface area contributed by atoms with Gasteiger partial charge in [-0.15, -0.1) is 0 Å². The van der Waals surface area contributed by atoms with Crippen LogP contribution >= 0.6 is 0 Å². The molecule has 1 atom stereocenters. The fourth-order valence-corrected chi connectivity index (χ4v) is 3.92. The lowest BCUT2D eigenvalue weighted by Crippen LogP contribution is -2.44. The van der Waals surface area contributed by atoms with Gasteiger partial charge in [-0.2, -0.15) is 0 Å². The molecule has 0 heterocycles. The largest absolute Gasteiger partial charge is 0.445 e. The van der Waals surface area contributed by atoms with Crippen LogP contribution in [0.25, 0.3) is 10.8 Å². The lowest BCUT2D eigenvalue weighted by atomic mass is 9.93. The van der Waals surface area contributed by atoms with Crippen LogP contribution < -0.4 is 11.1 Å². The Kier molecular flexibility index (Phi) is 8.67. The fraction of sp³-hybridized carbons (Fsp3) is 0.333. The van der Waals surface area contributed by atoms with Crippen LogP contribution in [-0.4, -0.2) is 18.0 Å². The van der Waals surface area contributed by atoms with Crippen molar-refractivity contribution in [3.05, 3.63) is 83.4 Å². The SMILES string of the molecule is CCCCCc1ccc(CC[C@H](NC(=O)OCc2ccccc2)C(N)=O)c2ccccc12. The molecule has 0 saturated carbocycles. The standard InChI is InChI=1S/C27H32N2O3/c1-2-3-5-12-21-15-16-22(24-14-9-8-13-23(21)24)17-18-25(26(28)30)29-27(31)32-19-20-10-6-4-7-11-20/h4,6-11,13-16,25H,2-3,5,12,17-19H2,1H3,(H2,28,30)(H,29,31)/t25-/m0/s1. The summed E-state index contributed by atoms with van der Waals surface area (Å²) >= 11 is 0. The fourth-order valence-electron chi connectivity index (χ4n) is 3.92. The van der Waals surface area contributed by atoms with Crippen molar-refractivity contribution in [3.8, 4) is 0 Å². The van der Waals surface area contributed by atoms with Gasteiger partial charge in [-0.25, -0.2) is 4.79 Å². The number of nitrogens with one attached hydrogen (secondary N) is 1. The van der Waals surface area contributed by atoms with Gasteiger partial charge in [-0.05, 0) is 53.1 Å². The van der Waals surface area contributed by atoms with Gasteiger partial charge < -0.3 is 15.8 Å². The highest BCUT2D eigenvalue weighted by molar-refractivity contribution is 5.89. The van der Waals surface area contributed by atoms with Crippen LogP contribution in [0.2, 0.25) is 0 Å². The number of benzene rings is 3. The van der Waals surface area contributed by atoms with Gasteiger partial charge in [-0.3, -0.25) is 4.79 Å². The van der Waals surface area contributed by atoms with Gasteiger partial charge in [0.05, 0.1) is 0 Å². The summed E-state index contributed by atoms with van der Waals surface area (Å²) in [5, 5.41) is 5.06. The number of primary amides is 1. The highest BCUT2D eigenvalue weighted by Gasteiger charge is 2.19. The van der Waals surface area contributed by atoms with E-state index < -0.39 is 18.0 Å². The highest BCUT2D eigenvalue weighted by atomic mass is 16.5. The molecule has 0 spiro atoms. The first-order chi connectivity index (χ1) is 15.6. The summed E-state index contributed by atoms with van der Waals surface area (Å²) in [5.41, 5.74) is 8.93. The molecule has 0 aromatic heterocycles. The van der Waals surface area contributed by atoms with E-state index in [1.54, 1.807) is 0 Å². The number of ether oxygens (including phenoxy) is 1. The Bertz CT molecular complexity index is 1030. The number of fused-ring (bicyclic) bond motifs is 1. The topological polar surface area (TPSA) is 81.4 Å². The van der Waals surface area contributed by atoms with E-state index in [9.17, 15) is 9.59 Å². The van der Waals surface area contributed by atoms with Crippen molar-refractivity contribution in [2.24, 2.45) is 5.73 Å². The molecular weight excluding hydrogens is 400 g/mol. The number of hydrogen-bond acceptors (Lipinski definition) is 3. The normalized spacial score (nSPS) is 11.8. The van der Waals surface area contributed by atoms with Crippen molar-refractivity contribution in [3.63, 3.8) is 0 Å². The summed E-state index contributed by atoms with van der Waals surface area (Å²) in [4.78, 5) is 24.1. The van der Waals surface area contributed by atoms with Crippen molar-refractivity contribution in [2.75, 3.05) is 0 Å². The smallest absolute Gasteiger partial charge is 0.408 e. The molecule has 0 fully saturated rings. The summed E-state index contributed by atoms with van der Waals surface area (Å²) in [6, 6.07) is 21.3. The van der Waals surface area contributed by atoms with Crippen molar-refractivity contribution in [1.29, 1.82) is 0 Å². The summed E-state index contributed by atoms with van der Waals surface area (Å²) in [7, 11) is 0. The number of rotatable bonds is 11. The second-order valence-corrected chi connectivity index (χ2v) is 8.09. The van der Waals surface area contributed by atoms with Crippen molar-refractivity contribution in [1.82, 2.24) is 5.32 Å². The molecule has 5 nitrogen and oxygen atoms in total. The molecule has 0 aliphatic rings. The molecule has 0 bridgehead atoms. The average molecular weight is 433 g/mol. The first-order valence-corrected chi connectivity index (χ1v) is 11.3. The lowest BCUT2D eigenvalue weighted by Gasteiger charge is -2.17. The minimum absolute atomic E-state index is 0.141. The molecule has 3 aromatic carbocycles. The third kappa shape index (κ3) is 6.58. The molecule has 168 valence electrons. The van der Waals surface area contributed by atoms with Gasteiger partial charge in [0.25, 0.3) is 0 Å². The third-order valence-corrected chi connectivity index (χ3v) is 5.70. The summed E-state index contributed by atoms with van der Waals surface area (Å²) in [6.45, 7) is 2.35. The Morgan fingerprint density at radius 1 is 0.875 bits per heavy atom. The Morgan fingerprint density at radius 2 is 1.50 bits per heavy atom. The molecule has 0 unspecified atom stereocenters. The predicted octanol–water partition coefficient (Wildman–Crippen LogP) is 5.29. The minimum atomic E-state index is -0.790. The maximum atomic E-state index is 12.2. The number of carbonyl (C=O) groups excluding carboxylic acids is 2. The number of unbranched alkanes of at least 4 members (excludes halogenated alkanes) is 2. The zero-order valence-electron chi connectivity index (χ0n) is 18.7. The number of aryl methyl sites for hydroxylation is 2. The Morgan fingerprint density at radius 3 is 2.12 bits per heavy atom. The van der Waals surface area contributed by atoms with Crippen LogP contribution in [0.5, 0.6) is 0 Å². The number of hydrogen-bond donors (Lipinski definition) is 2. The zero-order chi connectivity index (χ0) is 22.8. The quantitative estimate of drug-likeness (QED) is 0.404. The summed E-state index contributed by atoms with van der Waals surface area (Å²) in [5.74, 6) is -0.567. The van der Waals surface area contributed by atoms with E-state index in [0.717, 1.165) is 17.5 Å². The van der Waals surface area contributed by atoms with Crippen LogP contribution in [0.1, 0.15) is 49.3 Å². The van der Waals surface area contributed by atoms with E-state index in [-0.39, 0.29) is 6.61 Å². The zero-order valence-corrected chi connectivity index (χ0v) is 18.7. The second-order valence-electron chi connectivity index (χ2n) is 8.09. The number of amides is 2. The van der Waals surface area contributed by atoms with Gasteiger partial charge in [0.1, 0.15) is 12.6 Å². The molecule has 3 N–H and O–H groups in total. The lowest BCUT2D eigenvalue weighted by molar-refractivity contribution is -0.120. The molecule has 5 heteroatoms. The van der Waals surface area contributed by atoms with Crippen LogP contribution in [0.15, 0.2) is 66.7 Å². The van der Waals surface area contributed by atoms with Gasteiger partial charge in [0, 0.05) is 0 Å². The van der Waals surface area contributed by atoms with E-state index in [1.807, 2.05) is 36.4 Å². The molecule has 0 aliphatic carbocycles. The van der Waals surface area contributed by atoms with Crippen molar-refractivity contribution in [2.45, 2.75) is 58.1 Å². The maximum absolute atomic E-state index is 12.2. The molecule has 0 saturated heterocycles. The van der Waals surface area contributed by atoms with Gasteiger partial charge in [0.15, 0.2) is 0 Å². The van der Waals surface area contributed by atoms with E-state index in [0.29, 0.717) is 12.8 Å². The van der Waals surface area contributed by atoms with E-state index in [4.69, 9.17) is 10.5 Å². The van der Waals surface area contributed by atoms with Gasteiger partial charge in [-0.1, -0.05) is 86.5 Å². The Balaban J connectivity index is 1.63. The Hall–Kier alpha value is -3.34. The first kappa shape index (κ1) is 23.3. The Labute approximate surface area is 190 Å². The number of nitrogens with two attached hydrogens (primary N) is 1. The first-order valence-electron chi connectivity index (χ1n) is 11.3. The number of carbonyl (C=O) groups is 2. The molecule has 0 radical (unpaired) electrons. The molecule has 3 aromatic rings. The van der Waals surface area contributed by atoms with Gasteiger partial charge >= 0.3 is 6.09 Å². The van der Waals surface area contributed by atoms with Crippen LogP contribution in [0, 0.1) is 0 Å². The second kappa shape index (κ2) is 11.9. The predicted molar refractivity (Wildman–Crippen MR) is 128 cm³/mol. The van der Waals surface area contributed by atoms with Crippen molar-refractivity contribution < 1.29 is 14.3 Å². The van der Waals surface area contributed by atoms with Crippen LogP contribution in [-0.2, 0) is 29.0 Å². The molecule has 3 rings (SSSR count). The number of alkyl carbamates (subject to hydrolysis) is 1. The van der Waals surface area contributed by atoms with E-state index in [1.165, 1.54) is 35.6 Å². The monoisotopic (exact) mass is 432 g/mol. The molecular formula is C27H32N2O3. The maximum Gasteiger partial charge on any atom is 0.408 e. The highest BCUT2D eigenvalue weighted by Crippen LogP contribution is 2.25. The van der Waals surface area contributed by atoms with Crippen LogP contribution in [0.3, 0.4) is 0 Å². The minimum Gasteiger partial charge on any atom is -0.445 e. The summed E-state index contributed by atoms with van der Waals surface area (Å²) < 4.78 is 5.24. The average Bonchev–Trinajstić information content (AvgIpc) is 2.81. The van der Waals surface area contributed by atoms with Crippen molar-refractivity contribution >= 4 is 22.8 Å². The molecule has 2 amide bonds. The van der Waals surface area contributed by atoms with Gasteiger partial charge in [0.2, 0.25) is 5.91 Å². The molecule has 0 aliphatic heterocycles. The van der Waals surface area contributed by atoms with E-state index >= 15 is 0 Å². The van der Waals surface area contributed by atoms with Crippen LogP contribution in [0.4, 0.5) is 4.79 Å². The van der Waals surface area contributed by atoms with E-state index in [2.05, 4.69) is 42.6 Å². The molecule has 32 heavy (non-hydrogen) atoms. The third-order valence-electron chi connectivity index (χ3n) is 5.70. The summed E-state index contributed by atoms with van der Waals surface area (Å²) in [6.07, 6.45) is 5.06.